The third kappa shape index (κ3) is 9.55. The third-order valence-corrected chi connectivity index (χ3v) is 2.72. The van der Waals surface area contributed by atoms with Crippen LogP contribution in [0.2, 0.25) is 0 Å². The van der Waals surface area contributed by atoms with Crippen LogP contribution in [0.3, 0.4) is 0 Å². The van der Waals surface area contributed by atoms with E-state index in [1.165, 1.54) is 5.56 Å². The van der Waals surface area contributed by atoms with Crippen molar-refractivity contribution in [2.24, 2.45) is 5.73 Å². The van der Waals surface area contributed by atoms with E-state index in [2.05, 4.69) is 0 Å². The topological polar surface area (TPSA) is 66.6 Å². The molecule has 1 unspecified atom stereocenters. The van der Waals surface area contributed by atoms with Gasteiger partial charge in [-0.2, -0.15) is 0 Å². The van der Waals surface area contributed by atoms with E-state index in [1.54, 1.807) is 13.0 Å². The number of carbonyl (C=O) groups is 1. The Balaban J connectivity index is 0. The monoisotopic (exact) mass is 300 g/mol. The van der Waals surface area contributed by atoms with Crippen LogP contribution in [-0.2, 0) is 11.3 Å². The highest BCUT2D eigenvalue weighted by molar-refractivity contribution is 5.86. The Morgan fingerprint density at radius 3 is 2.15 bits per heavy atom. The van der Waals surface area contributed by atoms with Crippen molar-refractivity contribution in [1.29, 1.82) is 0 Å². The van der Waals surface area contributed by atoms with E-state index < -0.39 is 5.97 Å². The van der Waals surface area contributed by atoms with Crippen molar-refractivity contribution in [1.82, 2.24) is 4.90 Å². The number of nitrogens with two attached hydrogens (primary N) is 1. The first-order valence-electron chi connectivity index (χ1n) is 6.20. The van der Waals surface area contributed by atoms with Gasteiger partial charge in [0.1, 0.15) is 0 Å². The molecule has 1 rings (SSSR count). The van der Waals surface area contributed by atoms with Gasteiger partial charge >= 0.3 is 5.97 Å². The van der Waals surface area contributed by atoms with Crippen molar-refractivity contribution in [3.8, 4) is 0 Å². The van der Waals surface area contributed by atoms with Gasteiger partial charge in [0.15, 0.2) is 0 Å². The Morgan fingerprint density at radius 2 is 1.85 bits per heavy atom. The largest absolute Gasteiger partial charge is 0.478 e. The molecule has 5 heteroatoms. The van der Waals surface area contributed by atoms with E-state index in [0.717, 1.165) is 0 Å². The molecule has 1 atom stereocenters. The van der Waals surface area contributed by atoms with E-state index in [0.29, 0.717) is 12.1 Å². The predicted octanol–water partition coefficient (Wildman–Crippen LogP) is 2.53. The summed E-state index contributed by atoms with van der Waals surface area (Å²) in [6, 6.07) is 10.2. The Bertz CT molecular complexity index is 406. The molecule has 0 saturated heterocycles. The molecule has 0 radical (unpaired) electrons. The summed E-state index contributed by atoms with van der Waals surface area (Å²) in [5.41, 5.74) is 6.93. The van der Waals surface area contributed by atoms with E-state index in [1.807, 2.05) is 56.3 Å². The van der Waals surface area contributed by atoms with Crippen molar-refractivity contribution in [2.45, 2.75) is 26.4 Å². The molecule has 3 N–H and O–H groups in total. The van der Waals surface area contributed by atoms with E-state index in [-0.39, 0.29) is 18.4 Å². The standard InChI is InChI=1S/C8H15NO2.C7H9N.ClH/c1-6(8(10)11)5-7(2)9(3)4;8-6-7-4-2-1-3-5-7;/h5,7H,1-4H3,(H,10,11);1-5H,6,8H2;1H. The lowest BCUT2D eigenvalue weighted by Crippen LogP contribution is -2.23. The summed E-state index contributed by atoms with van der Waals surface area (Å²) in [7, 11) is 3.83. The summed E-state index contributed by atoms with van der Waals surface area (Å²) in [4.78, 5) is 12.3. The molecule has 0 aliphatic heterocycles. The lowest BCUT2D eigenvalue weighted by atomic mass is 10.2. The van der Waals surface area contributed by atoms with Crippen molar-refractivity contribution in [3.05, 3.63) is 47.5 Å². The van der Waals surface area contributed by atoms with Crippen LogP contribution in [0.15, 0.2) is 42.0 Å². The number of hydrogen-bond acceptors (Lipinski definition) is 3. The van der Waals surface area contributed by atoms with Crippen LogP contribution in [0.25, 0.3) is 0 Å². The SMILES string of the molecule is CC(=CC(C)N(C)C)C(=O)O.Cl.NCc1ccccc1. The molecule has 1 aromatic carbocycles. The number of likely N-dealkylation sites (N-methyl/N-ethyl adjacent to an activating group) is 1. The summed E-state index contributed by atoms with van der Waals surface area (Å²) in [6.45, 7) is 4.19. The highest BCUT2D eigenvalue weighted by Crippen LogP contribution is 1.99. The lowest BCUT2D eigenvalue weighted by Gasteiger charge is -2.15. The minimum Gasteiger partial charge on any atom is -0.478 e. The molecule has 114 valence electrons. The summed E-state index contributed by atoms with van der Waals surface area (Å²) in [6.07, 6.45) is 1.72. The number of halogens is 1. The number of nitrogens with zero attached hydrogens (tertiary/aromatic N) is 1. The fraction of sp³-hybridized carbons (Fsp3) is 0.400. The zero-order chi connectivity index (χ0) is 14.8. The molecular weight excluding hydrogens is 276 g/mol. The van der Waals surface area contributed by atoms with Gasteiger partial charge in [0.05, 0.1) is 0 Å². The zero-order valence-electron chi connectivity index (χ0n) is 12.5. The first-order valence-corrected chi connectivity index (χ1v) is 6.20. The fourth-order valence-electron chi connectivity index (χ4n) is 1.20. The summed E-state index contributed by atoms with van der Waals surface area (Å²) in [5, 5.41) is 8.53. The molecule has 0 saturated carbocycles. The number of rotatable bonds is 4. The minimum absolute atomic E-state index is 0. The van der Waals surface area contributed by atoms with E-state index in [4.69, 9.17) is 10.8 Å². The van der Waals surface area contributed by atoms with Crippen LogP contribution in [0.4, 0.5) is 0 Å². The molecule has 0 aliphatic carbocycles. The molecule has 1 aromatic rings. The molecule has 0 fully saturated rings. The van der Waals surface area contributed by atoms with Gasteiger partial charge in [-0.25, -0.2) is 4.79 Å². The maximum absolute atomic E-state index is 10.4. The third-order valence-electron chi connectivity index (χ3n) is 2.72. The van der Waals surface area contributed by atoms with Gasteiger partial charge in [0.2, 0.25) is 0 Å². The predicted molar refractivity (Wildman–Crippen MR) is 86.1 cm³/mol. The second-order valence-electron chi connectivity index (χ2n) is 4.55. The summed E-state index contributed by atoms with van der Waals surface area (Å²) >= 11 is 0. The Hall–Kier alpha value is -1.36. The number of benzene rings is 1. The molecule has 0 heterocycles. The van der Waals surface area contributed by atoms with E-state index in [9.17, 15) is 4.79 Å². The second-order valence-corrected chi connectivity index (χ2v) is 4.55. The number of aliphatic carboxylic acids is 1. The first kappa shape index (κ1) is 20.9. The van der Waals surface area contributed by atoms with Crippen molar-refractivity contribution in [2.75, 3.05) is 14.1 Å². The fourth-order valence-corrected chi connectivity index (χ4v) is 1.20. The average molecular weight is 301 g/mol. The first-order chi connectivity index (χ1) is 8.88. The van der Waals surface area contributed by atoms with Crippen molar-refractivity contribution in [3.63, 3.8) is 0 Å². The average Bonchev–Trinajstić information content (AvgIpc) is 2.40. The van der Waals surface area contributed by atoms with Crippen LogP contribution in [0, 0.1) is 0 Å². The maximum atomic E-state index is 10.4. The minimum atomic E-state index is -0.848. The lowest BCUT2D eigenvalue weighted by molar-refractivity contribution is -0.132. The zero-order valence-corrected chi connectivity index (χ0v) is 13.4. The molecular formula is C15H25ClN2O2. The molecule has 0 aliphatic rings. The number of hydrogen-bond donors (Lipinski definition) is 2. The van der Waals surface area contributed by atoms with Crippen LogP contribution < -0.4 is 5.73 Å². The van der Waals surface area contributed by atoms with Crippen LogP contribution >= 0.6 is 12.4 Å². The molecule has 4 nitrogen and oxygen atoms in total. The molecule has 0 bridgehead atoms. The Kier molecular flexibility index (Phi) is 12.0. The molecule has 20 heavy (non-hydrogen) atoms. The van der Waals surface area contributed by atoms with Gasteiger partial charge in [-0.05, 0) is 33.5 Å². The van der Waals surface area contributed by atoms with Crippen LogP contribution in [0.5, 0.6) is 0 Å². The number of carboxylic acids is 1. The van der Waals surface area contributed by atoms with E-state index >= 15 is 0 Å². The smallest absolute Gasteiger partial charge is 0.331 e. The molecule has 0 aromatic heterocycles. The van der Waals surface area contributed by atoms with Gasteiger partial charge in [0.25, 0.3) is 0 Å². The summed E-state index contributed by atoms with van der Waals surface area (Å²) in [5.74, 6) is -0.848. The Labute approximate surface area is 127 Å². The van der Waals surface area contributed by atoms with Gasteiger partial charge < -0.3 is 15.7 Å². The Morgan fingerprint density at radius 1 is 1.35 bits per heavy atom. The summed E-state index contributed by atoms with van der Waals surface area (Å²) < 4.78 is 0. The molecule has 0 spiro atoms. The normalized spacial score (nSPS) is 12.0. The van der Waals surface area contributed by atoms with Gasteiger partial charge in [-0.1, -0.05) is 36.4 Å². The van der Waals surface area contributed by atoms with Crippen LogP contribution in [-0.4, -0.2) is 36.1 Å². The number of carboxylic acid groups (broad SMARTS) is 1. The molecule has 0 amide bonds. The van der Waals surface area contributed by atoms with Gasteiger partial charge in [-0.15, -0.1) is 12.4 Å². The maximum Gasteiger partial charge on any atom is 0.331 e. The second kappa shape index (κ2) is 11.5. The van der Waals surface area contributed by atoms with Gasteiger partial charge in [-0.3, -0.25) is 0 Å². The van der Waals surface area contributed by atoms with Crippen molar-refractivity contribution < 1.29 is 9.90 Å². The van der Waals surface area contributed by atoms with Crippen LogP contribution in [0.1, 0.15) is 19.4 Å². The van der Waals surface area contributed by atoms with Gasteiger partial charge in [0, 0.05) is 18.2 Å². The quantitative estimate of drug-likeness (QED) is 0.839. The highest BCUT2D eigenvalue weighted by Gasteiger charge is 2.04. The van der Waals surface area contributed by atoms with Crippen molar-refractivity contribution >= 4 is 18.4 Å². The highest BCUT2D eigenvalue weighted by atomic mass is 35.5.